The molecule has 0 aromatic carbocycles. The van der Waals surface area contributed by atoms with Crippen molar-refractivity contribution in [2.75, 3.05) is 6.26 Å². The molecule has 106 valence electrons. The minimum Gasteiger partial charge on any atom is -0.388 e. The summed E-state index contributed by atoms with van der Waals surface area (Å²) in [7, 11) is 0. The van der Waals surface area contributed by atoms with Gasteiger partial charge in [0.05, 0.1) is 6.10 Å². The summed E-state index contributed by atoms with van der Waals surface area (Å²) in [6, 6.07) is 2.21. The molecule has 3 rings (SSSR count). The van der Waals surface area contributed by atoms with Gasteiger partial charge in [0.1, 0.15) is 0 Å². The fourth-order valence-corrected chi connectivity index (χ4v) is 4.24. The van der Waals surface area contributed by atoms with Crippen molar-refractivity contribution >= 4 is 11.8 Å². The molecule has 1 saturated carbocycles. The number of rotatable bonds is 3. The number of thioether (sulfide) groups is 1. The highest BCUT2D eigenvalue weighted by atomic mass is 32.2. The Morgan fingerprint density at radius 2 is 2.11 bits per heavy atom. The summed E-state index contributed by atoms with van der Waals surface area (Å²) in [6.07, 6.45) is 6.62. The van der Waals surface area contributed by atoms with Gasteiger partial charge in [0, 0.05) is 28.2 Å². The van der Waals surface area contributed by atoms with E-state index in [9.17, 15) is 5.11 Å². The van der Waals surface area contributed by atoms with E-state index in [1.807, 2.05) is 11.8 Å². The van der Waals surface area contributed by atoms with Crippen LogP contribution in [0.2, 0.25) is 0 Å². The van der Waals surface area contributed by atoms with Crippen molar-refractivity contribution < 1.29 is 5.11 Å². The lowest BCUT2D eigenvalue weighted by Crippen LogP contribution is -2.28. The maximum Gasteiger partial charge on any atom is 0.0812 e. The molecule has 1 N–H and O–H groups in total. The lowest BCUT2D eigenvalue weighted by molar-refractivity contribution is 0.0979. The first-order chi connectivity index (χ1) is 8.86. The Morgan fingerprint density at radius 3 is 2.68 bits per heavy atom. The Hall–Kier alpha value is -0.410. The second kappa shape index (κ2) is 4.29. The number of hydrogen-bond acceptors (Lipinski definition) is 2. The van der Waals surface area contributed by atoms with Crippen LogP contribution in [-0.4, -0.2) is 20.7 Å². The zero-order valence-corrected chi connectivity index (χ0v) is 13.3. The molecule has 0 bridgehead atoms. The van der Waals surface area contributed by atoms with Crippen molar-refractivity contribution in [1.29, 1.82) is 0 Å². The lowest BCUT2D eigenvalue weighted by atomic mass is 9.75. The number of aryl methyl sites for hydroxylation is 1. The number of nitrogens with zero attached hydrogens (tertiary/aromatic N) is 1. The van der Waals surface area contributed by atoms with Gasteiger partial charge in [0.25, 0.3) is 0 Å². The average Bonchev–Trinajstić information content (AvgIpc) is 3.02. The van der Waals surface area contributed by atoms with Gasteiger partial charge in [-0.25, -0.2) is 0 Å². The Balaban J connectivity index is 1.97. The van der Waals surface area contributed by atoms with Gasteiger partial charge in [0.2, 0.25) is 0 Å². The zero-order chi connectivity index (χ0) is 13.8. The normalized spacial score (nSPS) is 27.1. The Kier molecular flexibility index (Phi) is 3.06. The highest BCUT2D eigenvalue weighted by Crippen LogP contribution is 2.50. The quantitative estimate of drug-likeness (QED) is 0.912. The standard InChI is InChI=1S/C16H25NOS/c1-11-7-12-13(8-15(2,3)9-14(12)18)17(11)10-16(19-4)5-6-16/h7,14,18H,5-6,8-10H2,1-4H3. The molecule has 2 aliphatic rings. The molecule has 1 atom stereocenters. The molecular formula is C16H25NOS. The van der Waals surface area contributed by atoms with Crippen LogP contribution in [0.1, 0.15) is 56.2 Å². The van der Waals surface area contributed by atoms with Gasteiger partial charge in [-0.15, -0.1) is 0 Å². The van der Waals surface area contributed by atoms with Crippen LogP contribution in [0, 0.1) is 12.3 Å². The number of hydrogen-bond donors (Lipinski definition) is 1. The van der Waals surface area contributed by atoms with Gasteiger partial charge >= 0.3 is 0 Å². The van der Waals surface area contributed by atoms with Gasteiger partial charge < -0.3 is 9.67 Å². The molecule has 1 fully saturated rings. The van der Waals surface area contributed by atoms with Crippen molar-refractivity contribution in [2.45, 2.75) is 63.9 Å². The lowest BCUT2D eigenvalue weighted by Gasteiger charge is -2.34. The summed E-state index contributed by atoms with van der Waals surface area (Å²) < 4.78 is 2.97. The molecule has 0 saturated heterocycles. The van der Waals surface area contributed by atoms with Crippen LogP contribution in [0.4, 0.5) is 0 Å². The van der Waals surface area contributed by atoms with E-state index in [1.165, 1.54) is 29.8 Å². The predicted octanol–water partition coefficient (Wildman–Crippen LogP) is 3.70. The van der Waals surface area contributed by atoms with Gasteiger partial charge in [0.15, 0.2) is 0 Å². The number of fused-ring (bicyclic) bond motifs is 1. The first-order valence-electron chi connectivity index (χ1n) is 7.28. The number of aliphatic hydroxyl groups is 1. The SMILES string of the molecule is CSC1(Cn2c(C)cc3c2CC(C)(C)CC3O)CC1. The fraction of sp³-hybridized carbons (Fsp3) is 0.750. The Morgan fingerprint density at radius 1 is 1.42 bits per heavy atom. The van der Waals surface area contributed by atoms with Crippen LogP contribution in [-0.2, 0) is 13.0 Å². The van der Waals surface area contributed by atoms with Crippen LogP contribution in [0.5, 0.6) is 0 Å². The molecule has 2 aliphatic carbocycles. The molecule has 0 aliphatic heterocycles. The van der Waals surface area contributed by atoms with E-state index >= 15 is 0 Å². The van der Waals surface area contributed by atoms with Crippen molar-refractivity contribution in [3.63, 3.8) is 0 Å². The van der Waals surface area contributed by atoms with Crippen LogP contribution in [0.15, 0.2) is 6.07 Å². The summed E-state index contributed by atoms with van der Waals surface area (Å²) in [5, 5.41) is 10.4. The third-order valence-electron chi connectivity index (χ3n) is 4.89. The van der Waals surface area contributed by atoms with Gasteiger partial charge in [-0.1, -0.05) is 13.8 Å². The molecule has 2 nitrogen and oxygen atoms in total. The van der Waals surface area contributed by atoms with E-state index in [-0.39, 0.29) is 11.5 Å². The molecule has 1 aromatic heterocycles. The topological polar surface area (TPSA) is 25.2 Å². The summed E-state index contributed by atoms with van der Waals surface area (Å²) >= 11 is 2.01. The second-order valence-corrected chi connectivity index (χ2v) is 8.50. The highest BCUT2D eigenvalue weighted by molar-refractivity contribution is 8.00. The summed E-state index contributed by atoms with van der Waals surface area (Å²) in [6.45, 7) is 7.85. The Labute approximate surface area is 120 Å². The van der Waals surface area contributed by atoms with Crippen LogP contribution in [0.25, 0.3) is 0 Å². The van der Waals surface area contributed by atoms with E-state index < -0.39 is 0 Å². The molecule has 1 heterocycles. The Bertz CT molecular complexity index is 499. The molecular weight excluding hydrogens is 254 g/mol. The fourth-order valence-electron chi connectivity index (χ4n) is 3.47. The first kappa shape index (κ1) is 13.6. The zero-order valence-electron chi connectivity index (χ0n) is 12.5. The molecule has 0 amide bonds. The molecule has 19 heavy (non-hydrogen) atoms. The molecule has 0 radical (unpaired) electrons. The van der Waals surface area contributed by atoms with Crippen molar-refractivity contribution in [3.05, 3.63) is 23.0 Å². The smallest absolute Gasteiger partial charge is 0.0812 e. The van der Waals surface area contributed by atoms with Crippen molar-refractivity contribution in [1.82, 2.24) is 4.57 Å². The summed E-state index contributed by atoms with van der Waals surface area (Å²) in [5.41, 5.74) is 4.11. The van der Waals surface area contributed by atoms with Gasteiger partial charge in [-0.3, -0.25) is 0 Å². The second-order valence-electron chi connectivity index (χ2n) is 7.22. The third kappa shape index (κ3) is 2.36. The predicted molar refractivity (Wildman–Crippen MR) is 81.7 cm³/mol. The molecule has 0 spiro atoms. The highest BCUT2D eigenvalue weighted by Gasteiger charge is 2.44. The van der Waals surface area contributed by atoms with Crippen LogP contribution >= 0.6 is 11.8 Å². The van der Waals surface area contributed by atoms with Gasteiger partial charge in [-0.05, 0) is 50.3 Å². The maximum atomic E-state index is 10.4. The van der Waals surface area contributed by atoms with E-state index in [1.54, 1.807) is 0 Å². The van der Waals surface area contributed by atoms with E-state index in [0.717, 1.165) is 19.4 Å². The number of aromatic nitrogens is 1. The minimum absolute atomic E-state index is 0.213. The molecule has 1 unspecified atom stereocenters. The minimum atomic E-state index is -0.275. The monoisotopic (exact) mass is 279 g/mol. The van der Waals surface area contributed by atoms with Crippen LogP contribution in [0.3, 0.4) is 0 Å². The van der Waals surface area contributed by atoms with E-state index in [0.29, 0.717) is 4.75 Å². The summed E-state index contributed by atoms with van der Waals surface area (Å²) in [5.74, 6) is 0. The van der Waals surface area contributed by atoms with E-state index in [2.05, 4.69) is 37.7 Å². The third-order valence-corrected chi connectivity index (χ3v) is 6.29. The van der Waals surface area contributed by atoms with Gasteiger partial charge in [-0.2, -0.15) is 11.8 Å². The molecule has 1 aromatic rings. The van der Waals surface area contributed by atoms with E-state index in [4.69, 9.17) is 0 Å². The first-order valence-corrected chi connectivity index (χ1v) is 8.50. The van der Waals surface area contributed by atoms with Crippen molar-refractivity contribution in [2.24, 2.45) is 5.41 Å². The maximum absolute atomic E-state index is 10.4. The van der Waals surface area contributed by atoms with Crippen molar-refractivity contribution in [3.8, 4) is 0 Å². The summed E-state index contributed by atoms with van der Waals surface area (Å²) in [4.78, 5) is 0. The average molecular weight is 279 g/mol. The number of aliphatic hydroxyl groups excluding tert-OH is 1. The molecule has 3 heteroatoms. The largest absolute Gasteiger partial charge is 0.388 e. The van der Waals surface area contributed by atoms with Crippen LogP contribution < -0.4 is 0 Å².